The first-order valence-corrected chi connectivity index (χ1v) is 7.09. The molecule has 0 amide bonds. The van der Waals surface area contributed by atoms with Gasteiger partial charge in [0.25, 0.3) is 0 Å². The summed E-state index contributed by atoms with van der Waals surface area (Å²) in [6.45, 7) is 0. The number of hydrogen-bond acceptors (Lipinski definition) is 4. The Hall–Kier alpha value is -0.745. The first kappa shape index (κ1) is 13.2. The van der Waals surface area contributed by atoms with E-state index in [0.29, 0.717) is 25.4 Å². The van der Waals surface area contributed by atoms with E-state index in [4.69, 9.17) is 0 Å². The topological polar surface area (TPSA) is 86.6 Å². The summed E-state index contributed by atoms with van der Waals surface area (Å²) in [5, 5.41) is 23.0. The van der Waals surface area contributed by atoms with Crippen LogP contribution in [0.25, 0.3) is 0 Å². The number of carbonyl (C=O) groups is 1. The fourth-order valence-electron chi connectivity index (χ4n) is 5.35. The molecule has 0 heterocycles. The molecule has 4 aliphatic carbocycles. The predicted molar refractivity (Wildman–Crippen MR) is 67.9 cm³/mol. The standard InChI is InChI=1S/C13H20BNO4/c16-11(17)10(15-7-14-19)12-2-8-1-9(3-12)5-13(18,4-8)6-12/h8-10,15,18H,1-7H2,(H,16,17)/t8?,9?,10-,12?,13?/m1/s1. The van der Waals surface area contributed by atoms with E-state index in [2.05, 4.69) is 5.32 Å². The van der Waals surface area contributed by atoms with Gasteiger partial charge in [0.15, 0.2) is 0 Å². The van der Waals surface area contributed by atoms with E-state index >= 15 is 0 Å². The van der Waals surface area contributed by atoms with Crippen LogP contribution < -0.4 is 5.32 Å². The Morgan fingerprint density at radius 1 is 1.32 bits per heavy atom. The van der Waals surface area contributed by atoms with Crippen molar-refractivity contribution in [2.45, 2.75) is 50.2 Å². The Balaban J connectivity index is 1.88. The van der Waals surface area contributed by atoms with E-state index in [-0.39, 0.29) is 11.9 Å². The molecule has 0 aromatic carbocycles. The van der Waals surface area contributed by atoms with Gasteiger partial charge in [0.1, 0.15) is 0 Å². The number of nitrogens with one attached hydrogen (secondary N) is 1. The zero-order valence-corrected chi connectivity index (χ0v) is 11.0. The molecule has 2 unspecified atom stereocenters. The van der Waals surface area contributed by atoms with Crippen molar-refractivity contribution in [3.8, 4) is 0 Å². The van der Waals surface area contributed by atoms with Gasteiger partial charge in [0.2, 0.25) is 0 Å². The molecule has 4 aliphatic rings. The van der Waals surface area contributed by atoms with Crippen LogP contribution in [-0.4, -0.2) is 41.4 Å². The summed E-state index contributed by atoms with van der Waals surface area (Å²) in [7, 11) is 0.700. The summed E-state index contributed by atoms with van der Waals surface area (Å²) < 4.78 is 10.5. The van der Waals surface area contributed by atoms with Gasteiger partial charge >= 0.3 is 112 Å². The predicted octanol–water partition coefficient (Wildman–Crippen LogP) is 0.368. The van der Waals surface area contributed by atoms with Crippen LogP contribution in [0.2, 0.25) is 0 Å². The molecular weight excluding hydrogens is 245 g/mol. The molecule has 19 heavy (non-hydrogen) atoms. The third kappa shape index (κ3) is 2.15. The summed E-state index contributed by atoms with van der Waals surface area (Å²) in [4.78, 5) is 11.6. The van der Waals surface area contributed by atoms with Crippen molar-refractivity contribution < 1.29 is 19.7 Å². The van der Waals surface area contributed by atoms with Crippen LogP contribution in [0.4, 0.5) is 0 Å². The number of carboxylic acids is 1. The van der Waals surface area contributed by atoms with Crippen LogP contribution in [0, 0.1) is 17.3 Å². The quantitative estimate of drug-likeness (QED) is 0.625. The van der Waals surface area contributed by atoms with Gasteiger partial charge in [-0.25, -0.2) is 0 Å². The summed E-state index contributed by atoms with van der Waals surface area (Å²) >= 11 is 0. The molecule has 0 spiro atoms. The van der Waals surface area contributed by atoms with Gasteiger partial charge in [-0.05, 0) is 0 Å². The van der Waals surface area contributed by atoms with Crippen LogP contribution in [0.5, 0.6) is 0 Å². The maximum absolute atomic E-state index is 11.6. The van der Waals surface area contributed by atoms with Gasteiger partial charge in [-0.3, -0.25) is 0 Å². The van der Waals surface area contributed by atoms with Crippen molar-refractivity contribution in [2.24, 2.45) is 17.3 Å². The van der Waals surface area contributed by atoms with Gasteiger partial charge in [-0.2, -0.15) is 0 Å². The molecule has 4 rings (SSSR count). The number of hydrogen-bond donors (Lipinski definition) is 3. The van der Waals surface area contributed by atoms with Crippen molar-refractivity contribution in [3.63, 3.8) is 0 Å². The number of aliphatic carboxylic acids is 1. The zero-order valence-electron chi connectivity index (χ0n) is 11.0. The van der Waals surface area contributed by atoms with Crippen molar-refractivity contribution in [1.82, 2.24) is 5.32 Å². The van der Waals surface area contributed by atoms with Crippen molar-refractivity contribution in [2.75, 3.05) is 6.44 Å². The first-order chi connectivity index (χ1) is 8.96. The molecule has 5 nitrogen and oxygen atoms in total. The Labute approximate surface area is 113 Å². The molecular formula is C13H20BNO4. The van der Waals surface area contributed by atoms with Gasteiger partial charge in [0.05, 0.1) is 0 Å². The Bertz CT molecular complexity index is 399. The van der Waals surface area contributed by atoms with Crippen LogP contribution >= 0.6 is 0 Å². The molecule has 3 atom stereocenters. The molecule has 0 aliphatic heterocycles. The normalized spacial score (nSPS) is 44.9. The van der Waals surface area contributed by atoms with E-state index in [1.54, 1.807) is 0 Å². The molecule has 0 aromatic heterocycles. The molecule has 6 heteroatoms. The number of carboxylic acid groups (broad SMARTS) is 1. The van der Waals surface area contributed by atoms with Crippen LogP contribution in [0.3, 0.4) is 0 Å². The van der Waals surface area contributed by atoms with E-state index in [1.165, 1.54) is 0 Å². The van der Waals surface area contributed by atoms with Crippen LogP contribution in [-0.2, 0) is 9.50 Å². The molecule has 0 saturated heterocycles. The second kappa shape index (κ2) is 4.38. The molecule has 4 saturated carbocycles. The van der Waals surface area contributed by atoms with E-state index in [9.17, 15) is 19.7 Å². The third-order valence-electron chi connectivity index (χ3n) is 5.34. The average molecular weight is 265 g/mol. The maximum atomic E-state index is 11.6. The van der Waals surface area contributed by atoms with Gasteiger partial charge in [-0.15, -0.1) is 0 Å². The Kier molecular flexibility index (Phi) is 3.06. The van der Waals surface area contributed by atoms with Crippen molar-refractivity contribution >= 4 is 13.1 Å². The molecule has 4 fully saturated rings. The minimum absolute atomic E-state index is 0.0620. The number of rotatable bonds is 5. The monoisotopic (exact) mass is 265 g/mol. The average Bonchev–Trinajstić information content (AvgIpc) is 2.24. The molecule has 4 bridgehead atoms. The zero-order chi connectivity index (χ0) is 13.7. The van der Waals surface area contributed by atoms with Crippen LogP contribution in [0.15, 0.2) is 0 Å². The summed E-state index contributed by atoms with van der Waals surface area (Å²) in [6, 6.07) is -0.713. The molecule has 3 N–H and O–H groups in total. The second-order valence-electron chi connectivity index (χ2n) is 6.89. The number of aliphatic hydroxyl groups is 1. The van der Waals surface area contributed by atoms with Gasteiger partial charge in [-0.1, -0.05) is 0 Å². The van der Waals surface area contributed by atoms with E-state index in [0.717, 1.165) is 32.1 Å². The SMILES string of the molecule is O=BCN[C@H](C(=O)O)C12CC3CC(CC(O)(C3)C1)C2. The second-order valence-corrected chi connectivity index (χ2v) is 6.89. The summed E-state index contributed by atoms with van der Waals surface area (Å²) in [6.07, 6.45) is 5.15. The van der Waals surface area contributed by atoms with Crippen LogP contribution in [0.1, 0.15) is 38.5 Å². The fraction of sp³-hybridized carbons (Fsp3) is 0.923. The molecule has 0 radical (unpaired) electrons. The van der Waals surface area contributed by atoms with Crippen molar-refractivity contribution in [1.29, 1.82) is 0 Å². The molecule has 0 aromatic rings. The minimum atomic E-state index is -0.896. The third-order valence-corrected chi connectivity index (χ3v) is 5.34. The molecule has 104 valence electrons. The van der Waals surface area contributed by atoms with Gasteiger partial charge < -0.3 is 0 Å². The fourth-order valence-corrected chi connectivity index (χ4v) is 5.35. The summed E-state index contributed by atoms with van der Waals surface area (Å²) in [5.74, 6) is 0.00432. The first-order valence-electron chi connectivity index (χ1n) is 7.09. The summed E-state index contributed by atoms with van der Waals surface area (Å²) in [5.41, 5.74) is -1.03. The van der Waals surface area contributed by atoms with E-state index < -0.39 is 17.6 Å². The van der Waals surface area contributed by atoms with E-state index in [1.807, 2.05) is 0 Å². The van der Waals surface area contributed by atoms with Crippen molar-refractivity contribution in [3.05, 3.63) is 0 Å². The Morgan fingerprint density at radius 3 is 2.42 bits per heavy atom. The van der Waals surface area contributed by atoms with Gasteiger partial charge in [0, 0.05) is 0 Å². The Morgan fingerprint density at radius 2 is 1.95 bits per heavy atom.